The number of morpholine rings is 1. The topological polar surface area (TPSA) is 154 Å². The van der Waals surface area contributed by atoms with Crippen LogP contribution >= 0.6 is 0 Å². The van der Waals surface area contributed by atoms with Gasteiger partial charge in [-0.25, -0.2) is 35.6 Å². The molecular formula is C32H29F2N5O6S2. The molecule has 3 N–H and O–H groups in total. The average Bonchev–Trinajstić information content (AvgIpc) is 3.05. The van der Waals surface area contributed by atoms with Crippen LogP contribution in [0.4, 0.5) is 20.3 Å². The summed E-state index contributed by atoms with van der Waals surface area (Å²) in [5.41, 5.74) is 9.26. The van der Waals surface area contributed by atoms with Crippen LogP contribution in [0, 0.1) is 11.6 Å². The number of hydrogen-bond donors (Lipinski definition) is 2. The van der Waals surface area contributed by atoms with Crippen LogP contribution in [-0.2, 0) is 24.8 Å². The number of nitrogen functional groups attached to an aromatic ring is 1. The van der Waals surface area contributed by atoms with E-state index in [2.05, 4.69) is 14.7 Å². The van der Waals surface area contributed by atoms with Crippen LogP contribution in [0.5, 0.6) is 5.88 Å². The fourth-order valence-electron chi connectivity index (χ4n) is 5.17. The predicted molar refractivity (Wildman–Crippen MR) is 173 cm³/mol. The van der Waals surface area contributed by atoms with Gasteiger partial charge >= 0.3 is 0 Å². The summed E-state index contributed by atoms with van der Waals surface area (Å²) in [6.07, 6.45) is 1.50. The van der Waals surface area contributed by atoms with Crippen LogP contribution in [0.25, 0.3) is 33.2 Å². The molecule has 3 aromatic carbocycles. The second-order valence-electron chi connectivity index (χ2n) is 10.6. The number of ether oxygens (including phenoxy) is 2. The molecule has 15 heteroatoms. The maximum Gasteiger partial charge on any atom is 0.264 e. The maximum absolute atomic E-state index is 14.4. The second kappa shape index (κ2) is 12.8. The van der Waals surface area contributed by atoms with Crippen molar-refractivity contribution in [2.45, 2.75) is 16.7 Å². The van der Waals surface area contributed by atoms with E-state index < -0.39 is 36.6 Å². The lowest BCUT2D eigenvalue weighted by Gasteiger charge is -2.26. The Hall–Kier alpha value is -4.70. The number of nitrogens with two attached hydrogens (primary N) is 1. The van der Waals surface area contributed by atoms with E-state index in [4.69, 9.17) is 15.2 Å². The summed E-state index contributed by atoms with van der Waals surface area (Å²) in [5.74, 6) is -1.94. The number of rotatable bonds is 9. The lowest BCUT2D eigenvalue weighted by molar-refractivity contribution is 0.0730. The zero-order valence-corrected chi connectivity index (χ0v) is 26.6. The molecule has 0 unspecified atom stereocenters. The Balaban J connectivity index is 1.33. The van der Waals surface area contributed by atoms with Crippen molar-refractivity contribution >= 4 is 42.5 Å². The van der Waals surface area contributed by atoms with Gasteiger partial charge in [-0.1, -0.05) is 18.2 Å². The van der Waals surface area contributed by atoms with E-state index in [1.54, 1.807) is 31.2 Å². The second-order valence-corrected chi connectivity index (χ2v) is 14.1. The lowest BCUT2D eigenvalue weighted by atomic mass is 10.0. The highest BCUT2D eigenvalue weighted by Crippen LogP contribution is 2.34. The minimum atomic E-state index is -4.48. The van der Waals surface area contributed by atoms with Gasteiger partial charge in [0.15, 0.2) is 0 Å². The molecule has 1 aliphatic rings. The standard InChI is InChI=1S/C32H29F2N5O6S2/c1-2-45-32-29(38-46(40,41)30-10-6-24(33)18-27(30)34)17-23(19-36-32)21-5-9-28-22(15-21)16-26(31(35)37-28)20-3-7-25(8-4-20)47(42,43)39-11-13-44-14-12-39/h3-10,15-19,38H,2,11-14H2,1H3,(H2,35,37). The highest BCUT2D eigenvalue weighted by Gasteiger charge is 2.26. The highest BCUT2D eigenvalue weighted by atomic mass is 32.2. The Labute approximate surface area is 270 Å². The highest BCUT2D eigenvalue weighted by molar-refractivity contribution is 7.92. The van der Waals surface area contributed by atoms with Crippen molar-refractivity contribution in [3.63, 3.8) is 0 Å². The molecule has 5 aromatic rings. The minimum absolute atomic E-state index is 0.0288. The van der Waals surface area contributed by atoms with Gasteiger partial charge in [-0.05, 0) is 66.6 Å². The monoisotopic (exact) mass is 681 g/mol. The summed E-state index contributed by atoms with van der Waals surface area (Å²) in [5, 5.41) is 0.695. The van der Waals surface area contributed by atoms with E-state index in [9.17, 15) is 25.6 Å². The number of aromatic nitrogens is 2. The molecule has 1 aliphatic heterocycles. The molecule has 1 fully saturated rings. The normalized spacial score (nSPS) is 14.3. The number of pyridine rings is 2. The van der Waals surface area contributed by atoms with Crippen molar-refractivity contribution in [2.75, 3.05) is 43.4 Å². The first-order valence-electron chi connectivity index (χ1n) is 14.5. The molecular weight excluding hydrogens is 653 g/mol. The summed E-state index contributed by atoms with van der Waals surface area (Å²) in [4.78, 5) is 8.24. The summed E-state index contributed by atoms with van der Waals surface area (Å²) in [6, 6.07) is 17.2. The quantitative estimate of drug-likeness (QED) is 0.218. The van der Waals surface area contributed by atoms with E-state index in [-0.39, 0.29) is 42.0 Å². The number of nitrogens with zero attached hydrogens (tertiary/aromatic N) is 3. The van der Waals surface area contributed by atoms with Gasteiger partial charge in [0.25, 0.3) is 10.0 Å². The molecule has 0 spiro atoms. The van der Waals surface area contributed by atoms with Crippen molar-refractivity contribution in [3.05, 3.63) is 90.6 Å². The fraction of sp³-hybridized carbons (Fsp3) is 0.188. The summed E-state index contributed by atoms with van der Waals surface area (Å²) in [7, 11) is -8.15. The fourth-order valence-corrected chi connectivity index (χ4v) is 7.69. The van der Waals surface area contributed by atoms with Crippen molar-refractivity contribution < 1.29 is 35.1 Å². The number of fused-ring (bicyclic) bond motifs is 1. The van der Waals surface area contributed by atoms with Crippen molar-refractivity contribution in [2.24, 2.45) is 0 Å². The third-order valence-electron chi connectivity index (χ3n) is 7.51. The average molecular weight is 682 g/mol. The molecule has 11 nitrogen and oxygen atoms in total. The van der Waals surface area contributed by atoms with Crippen molar-refractivity contribution in [1.29, 1.82) is 0 Å². The first kappa shape index (κ1) is 32.2. The Kier molecular flexibility index (Phi) is 8.80. The molecule has 0 radical (unpaired) electrons. The Morgan fingerprint density at radius 2 is 1.64 bits per heavy atom. The number of halogens is 2. The molecule has 1 saturated heterocycles. The molecule has 2 aromatic heterocycles. The Morgan fingerprint density at radius 3 is 2.34 bits per heavy atom. The molecule has 244 valence electrons. The molecule has 0 amide bonds. The van der Waals surface area contributed by atoms with Gasteiger partial charge in [0.2, 0.25) is 15.9 Å². The van der Waals surface area contributed by atoms with Crippen LogP contribution in [0.2, 0.25) is 0 Å². The molecule has 6 rings (SSSR count). The number of sulfonamides is 2. The molecule has 47 heavy (non-hydrogen) atoms. The van der Waals surface area contributed by atoms with E-state index in [1.165, 1.54) is 28.7 Å². The van der Waals surface area contributed by atoms with Gasteiger partial charge in [0.05, 0.1) is 30.2 Å². The third kappa shape index (κ3) is 6.60. The van der Waals surface area contributed by atoms with Gasteiger partial charge < -0.3 is 15.2 Å². The largest absolute Gasteiger partial charge is 0.476 e. The number of hydrogen-bond acceptors (Lipinski definition) is 9. The van der Waals surface area contributed by atoms with E-state index >= 15 is 0 Å². The molecule has 0 bridgehead atoms. The van der Waals surface area contributed by atoms with Crippen LogP contribution in [0.15, 0.2) is 88.8 Å². The number of anilines is 2. The van der Waals surface area contributed by atoms with Crippen molar-refractivity contribution in [3.8, 4) is 28.1 Å². The Bertz CT molecular complexity index is 2190. The third-order valence-corrected chi connectivity index (χ3v) is 10.8. The maximum atomic E-state index is 14.4. The van der Waals surface area contributed by atoms with E-state index in [0.29, 0.717) is 52.4 Å². The van der Waals surface area contributed by atoms with E-state index in [0.717, 1.165) is 12.1 Å². The van der Waals surface area contributed by atoms with E-state index in [1.807, 2.05) is 12.1 Å². The summed E-state index contributed by atoms with van der Waals surface area (Å²) >= 11 is 0. The van der Waals surface area contributed by atoms with Gasteiger partial charge in [-0.3, -0.25) is 4.72 Å². The summed E-state index contributed by atoms with van der Waals surface area (Å²) < 4.78 is 94.5. The predicted octanol–water partition coefficient (Wildman–Crippen LogP) is 5.04. The zero-order valence-electron chi connectivity index (χ0n) is 25.0. The molecule has 0 aliphatic carbocycles. The molecule has 3 heterocycles. The SMILES string of the molecule is CCOc1ncc(-c2ccc3nc(N)c(-c4ccc(S(=O)(=O)N5CCOCC5)cc4)cc3c2)cc1NS(=O)(=O)c1ccc(F)cc1F. The molecule has 0 saturated carbocycles. The smallest absolute Gasteiger partial charge is 0.264 e. The molecule has 0 atom stereocenters. The van der Waals surface area contributed by atoms with Crippen LogP contribution in [-0.4, -0.2) is 64.0 Å². The van der Waals surface area contributed by atoms with Gasteiger partial charge in [-0.2, -0.15) is 4.31 Å². The van der Waals surface area contributed by atoms with Gasteiger partial charge in [-0.15, -0.1) is 0 Å². The van der Waals surface area contributed by atoms with Gasteiger partial charge in [0.1, 0.15) is 28.0 Å². The van der Waals surface area contributed by atoms with Crippen LogP contribution < -0.4 is 15.2 Å². The van der Waals surface area contributed by atoms with Crippen LogP contribution in [0.1, 0.15) is 6.92 Å². The van der Waals surface area contributed by atoms with Crippen molar-refractivity contribution in [1.82, 2.24) is 14.3 Å². The summed E-state index contributed by atoms with van der Waals surface area (Å²) in [6.45, 7) is 3.15. The minimum Gasteiger partial charge on any atom is -0.476 e. The van der Waals surface area contributed by atoms with Gasteiger partial charge in [0, 0.05) is 41.9 Å². The number of nitrogens with one attached hydrogen (secondary N) is 1. The van der Waals surface area contributed by atoms with Crippen LogP contribution in [0.3, 0.4) is 0 Å². The Morgan fingerprint density at radius 1 is 0.915 bits per heavy atom. The lowest BCUT2D eigenvalue weighted by Crippen LogP contribution is -2.40. The first-order valence-corrected chi connectivity index (χ1v) is 17.4. The number of benzene rings is 3. The first-order chi connectivity index (χ1) is 22.5. The zero-order chi connectivity index (χ0) is 33.3.